The third-order valence-corrected chi connectivity index (χ3v) is 13.5. The molecule has 0 bridgehead atoms. The van der Waals surface area contributed by atoms with E-state index < -0.39 is 5.79 Å². The highest BCUT2D eigenvalue weighted by atomic mass is 31.1. The Bertz CT molecular complexity index is 980. The van der Waals surface area contributed by atoms with Crippen molar-refractivity contribution in [3.63, 3.8) is 0 Å². The summed E-state index contributed by atoms with van der Waals surface area (Å²) in [4.78, 5) is 0. The first-order valence-corrected chi connectivity index (χ1v) is 17.6. The Labute approximate surface area is 241 Å². The summed E-state index contributed by atoms with van der Waals surface area (Å²) in [6.07, 6.45) is -0.443. The van der Waals surface area contributed by atoms with Crippen LogP contribution in [0.4, 0.5) is 0 Å². The molecule has 0 spiro atoms. The first kappa shape index (κ1) is 32.3. The molecular formula is C33H52O4P2. The summed E-state index contributed by atoms with van der Waals surface area (Å²) in [5.74, 6) is 1.34. The molecule has 0 unspecified atom stereocenters. The van der Waals surface area contributed by atoms with Gasteiger partial charge in [0.1, 0.15) is 36.9 Å². The van der Waals surface area contributed by atoms with Gasteiger partial charge in [-0.25, -0.2) is 0 Å². The summed E-state index contributed by atoms with van der Waals surface area (Å²) >= 11 is 0. The topological polar surface area (TPSA) is 36.9 Å². The van der Waals surface area contributed by atoms with Gasteiger partial charge in [0.2, 0.25) is 0 Å². The average Bonchev–Trinajstić information content (AvgIpc) is 3.10. The van der Waals surface area contributed by atoms with Gasteiger partial charge in [-0.2, -0.15) is 0 Å². The molecule has 2 atom stereocenters. The fourth-order valence-electron chi connectivity index (χ4n) is 5.88. The van der Waals surface area contributed by atoms with Gasteiger partial charge in [0.05, 0.1) is 0 Å². The minimum atomic E-state index is -0.684. The lowest BCUT2D eigenvalue weighted by Crippen LogP contribution is -2.35. The standard InChI is InChI=1S/C33H52O4P2/c1-21(2)38(22(3)4)29-17-13-15-25(9)31(29)34-19-27-28(37-33(11,12)36-27)20-35-32-26(10)16-14-18-30(32)39(23(5)6)24(7)8/h13-18,21-24,27-28H,19-20H2,1-12H3/t27-,28-/m0/s1. The molecule has 2 aromatic carbocycles. The van der Waals surface area contributed by atoms with E-state index in [0.29, 0.717) is 35.8 Å². The summed E-state index contributed by atoms with van der Waals surface area (Å²) in [7, 11) is -0.692. The molecule has 1 heterocycles. The molecule has 1 aliphatic heterocycles. The third kappa shape index (κ3) is 7.97. The van der Waals surface area contributed by atoms with Crippen LogP contribution in [-0.2, 0) is 9.47 Å². The van der Waals surface area contributed by atoms with E-state index in [1.807, 2.05) is 13.8 Å². The van der Waals surface area contributed by atoms with Gasteiger partial charge in [0.25, 0.3) is 0 Å². The smallest absolute Gasteiger partial charge is 0.164 e. The van der Waals surface area contributed by atoms with Crippen molar-refractivity contribution in [1.29, 1.82) is 0 Å². The molecule has 218 valence electrons. The number of benzene rings is 2. The van der Waals surface area contributed by atoms with Gasteiger partial charge in [-0.15, -0.1) is 0 Å². The maximum Gasteiger partial charge on any atom is 0.164 e. The first-order valence-electron chi connectivity index (χ1n) is 14.6. The van der Waals surface area contributed by atoms with Crippen molar-refractivity contribution in [3.05, 3.63) is 47.5 Å². The van der Waals surface area contributed by atoms with E-state index in [1.165, 1.54) is 21.7 Å². The molecule has 1 aliphatic rings. The predicted molar refractivity (Wildman–Crippen MR) is 171 cm³/mol. The van der Waals surface area contributed by atoms with Crippen LogP contribution in [0.25, 0.3) is 0 Å². The monoisotopic (exact) mass is 574 g/mol. The zero-order valence-electron chi connectivity index (χ0n) is 26.4. The van der Waals surface area contributed by atoms with Crippen LogP contribution in [0.2, 0.25) is 0 Å². The first-order chi connectivity index (χ1) is 18.2. The Balaban J connectivity index is 1.82. The van der Waals surface area contributed by atoms with Gasteiger partial charge in [0.15, 0.2) is 5.79 Å². The van der Waals surface area contributed by atoms with Gasteiger partial charge >= 0.3 is 0 Å². The third-order valence-electron chi connectivity index (χ3n) is 7.23. The van der Waals surface area contributed by atoms with E-state index in [0.717, 1.165) is 11.5 Å². The van der Waals surface area contributed by atoms with Crippen LogP contribution < -0.4 is 20.1 Å². The Morgan fingerprint density at radius 1 is 0.641 bits per heavy atom. The zero-order valence-corrected chi connectivity index (χ0v) is 28.2. The van der Waals surface area contributed by atoms with Crippen LogP contribution in [0.5, 0.6) is 11.5 Å². The minimum absolute atomic E-state index is 0.221. The molecule has 3 rings (SSSR count). The maximum absolute atomic E-state index is 6.62. The number of hydrogen-bond acceptors (Lipinski definition) is 4. The van der Waals surface area contributed by atoms with Crippen LogP contribution in [-0.4, -0.2) is 53.8 Å². The van der Waals surface area contributed by atoms with Gasteiger partial charge < -0.3 is 18.9 Å². The molecule has 0 aromatic heterocycles. The molecule has 0 radical (unpaired) electrons. The van der Waals surface area contributed by atoms with Crippen LogP contribution in [0.1, 0.15) is 80.4 Å². The summed E-state index contributed by atoms with van der Waals surface area (Å²) in [5.41, 5.74) is 4.68. The highest BCUT2D eigenvalue weighted by Gasteiger charge is 2.42. The Hall–Kier alpha value is -1.18. The molecule has 1 saturated heterocycles. The average molecular weight is 575 g/mol. The molecule has 6 heteroatoms. The SMILES string of the molecule is Cc1cccc(P(C(C)C)C(C)C)c1OC[C@@H]1OC(C)(C)O[C@H]1COc1c(C)cccc1P(C(C)C)C(C)C. The molecular weight excluding hydrogens is 522 g/mol. The van der Waals surface area contributed by atoms with Gasteiger partial charge in [-0.05, 0) is 61.5 Å². The van der Waals surface area contributed by atoms with E-state index in [1.54, 1.807) is 0 Å². The quantitative estimate of drug-likeness (QED) is 0.240. The highest BCUT2D eigenvalue weighted by molar-refractivity contribution is 7.67. The van der Waals surface area contributed by atoms with E-state index in [9.17, 15) is 0 Å². The van der Waals surface area contributed by atoms with Crippen molar-refractivity contribution < 1.29 is 18.9 Å². The van der Waals surface area contributed by atoms with Crippen molar-refractivity contribution in [2.45, 2.75) is 124 Å². The number of para-hydroxylation sites is 2. The van der Waals surface area contributed by atoms with Gasteiger partial charge in [-0.1, -0.05) is 108 Å². The number of rotatable bonds is 12. The lowest BCUT2D eigenvalue weighted by molar-refractivity contribution is -0.150. The van der Waals surface area contributed by atoms with Crippen LogP contribution in [0.3, 0.4) is 0 Å². The molecule has 0 saturated carbocycles. The number of hydrogen-bond donors (Lipinski definition) is 0. The van der Waals surface area contributed by atoms with Crippen molar-refractivity contribution in [3.8, 4) is 11.5 Å². The molecule has 1 fully saturated rings. The number of aryl methyl sites for hydroxylation is 2. The fourth-order valence-corrected chi connectivity index (χ4v) is 12.0. The van der Waals surface area contributed by atoms with Crippen molar-refractivity contribution in [1.82, 2.24) is 0 Å². The minimum Gasteiger partial charge on any atom is -0.490 e. The van der Waals surface area contributed by atoms with E-state index in [4.69, 9.17) is 18.9 Å². The summed E-state index contributed by atoms with van der Waals surface area (Å²) < 4.78 is 26.0. The maximum atomic E-state index is 6.62. The lowest BCUT2D eigenvalue weighted by Gasteiger charge is -2.30. The van der Waals surface area contributed by atoms with Crippen molar-refractivity contribution in [2.75, 3.05) is 13.2 Å². The lowest BCUT2D eigenvalue weighted by atomic mass is 10.2. The van der Waals surface area contributed by atoms with Crippen molar-refractivity contribution >= 4 is 26.5 Å². The van der Waals surface area contributed by atoms with Crippen LogP contribution >= 0.6 is 15.8 Å². The summed E-state index contributed by atoms with van der Waals surface area (Å²) in [6, 6.07) is 13.1. The largest absolute Gasteiger partial charge is 0.490 e. The molecule has 2 aromatic rings. The fraction of sp³-hybridized carbons (Fsp3) is 0.636. The molecule has 0 amide bonds. The molecule has 4 nitrogen and oxygen atoms in total. The van der Waals surface area contributed by atoms with E-state index in [-0.39, 0.29) is 28.1 Å². The molecule has 0 N–H and O–H groups in total. The second kappa shape index (κ2) is 13.7. The van der Waals surface area contributed by atoms with Crippen LogP contribution in [0.15, 0.2) is 36.4 Å². The molecule has 0 aliphatic carbocycles. The second-order valence-electron chi connectivity index (χ2n) is 12.4. The van der Waals surface area contributed by atoms with Crippen LogP contribution in [0, 0.1) is 13.8 Å². The van der Waals surface area contributed by atoms with Crippen molar-refractivity contribution in [2.24, 2.45) is 0 Å². The van der Waals surface area contributed by atoms with E-state index in [2.05, 4.69) is 106 Å². The normalized spacial score (nSPS) is 19.3. The second-order valence-corrected chi connectivity index (χ2v) is 19.1. The highest BCUT2D eigenvalue weighted by Crippen LogP contribution is 2.49. The van der Waals surface area contributed by atoms with E-state index >= 15 is 0 Å². The van der Waals surface area contributed by atoms with Gasteiger partial charge in [0, 0.05) is 10.6 Å². The Morgan fingerprint density at radius 2 is 0.974 bits per heavy atom. The predicted octanol–water partition coefficient (Wildman–Crippen LogP) is 8.13. The Kier molecular flexibility index (Phi) is 11.3. The number of ether oxygens (including phenoxy) is 4. The summed E-state index contributed by atoms with van der Waals surface area (Å²) in [6.45, 7) is 27.7. The zero-order chi connectivity index (χ0) is 29.1. The summed E-state index contributed by atoms with van der Waals surface area (Å²) in [5, 5.41) is 2.70. The Morgan fingerprint density at radius 3 is 1.28 bits per heavy atom. The van der Waals surface area contributed by atoms with Gasteiger partial charge in [-0.3, -0.25) is 0 Å². The molecule has 39 heavy (non-hydrogen) atoms.